The van der Waals surface area contributed by atoms with E-state index in [0.29, 0.717) is 5.75 Å². The Labute approximate surface area is 115 Å². The number of halogens is 3. The molecule has 0 unspecified atom stereocenters. The van der Waals surface area contributed by atoms with E-state index in [-0.39, 0.29) is 12.6 Å². The van der Waals surface area contributed by atoms with E-state index in [1.165, 1.54) is 12.1 Å². The third kappa shape index (κ3) is 3.31. The van der Waals surface area contributed by atoms with Crippen LogP contribution in [0.3, 0.4) is 0 Å². The predicted octanol–water partition coefficient (Wildman–Crippen LogP) is 4.06. The summed E-state index contributed by atoms with van der Waals surface area (Å²) in [6.07, 6.45) is -0.812. The fraction of sp³-hybridized carbons (Fsp3) is 0.357. The zero-order chi connectivity index (χ0) is 14.8. The standard InChI is InChI=1S/C14H15F3N2O/c1-10(2)19-8-7-18-13(19)9-20-12-5-3-11(4-6-12)14(15,16)17/h3-8,10H,9H2,1-2H3. The Morgan fingerprint density at radius 1 is 1.20 bits per heavy atom. The number of ether oxygens (including phenoxy) is 1. The molecule has 0 aliphatic carbocycles. The van der Waals surface area contributed by atoms with Crippen molar-refractivity contribution in [2.24, 2.45) is 0 Å². The van der Waals surface area contributed by atoms with E-state index in [2.05, 4.69) is 4.98 Å². The smallest absolute Gasteiger partial charge is 0.416 e. The van der Waals surface area contributed by atoms with Crippen molar-refractivity contribution in [1.29, 1.82) is 0 Å². The van der Waals surface area contributed by atoms with Gasteiger partial charge in [0.1, 0.15) is 18.2 Å². The zero-order valence-electron chi connectivity index (χ0n) is 11.2. The Bertz CT molecular complexity index is 559. The van der Waals surface area contributed by atoms with Gasteiger partial charge in [0.15, 0.2) is 0 Å². The van der Waals surface area contributed by atoms with Gasteiger partial charge in [0.05, 0.1) is 5.56 Å². The van der Waals surface area contributed by atoms with E-state index in [9.17, 15) is 13.2 Å². The molecule has 0 saturated carbocycles. The van der Waals surface area contributed by atoms with E-state index in [1.807, 2.05) is 24.6 Å². The minimum absolute atomic E-state index is 0.219. The molecule has 0 aliphatic heterocycles. The van der Waals surface area contributed by atoms with Crippen LogP contribution in [0.4, 0.5) is 13.2 Å². The Hall–Kier alpha value is -1.98. The molecule has 0 aliphatic rings. The molecular formula is C14H15F3N2O. The normalized spacial score (nSPS) is 11.9. The van der Waals surface area contributed by atoms with Crippen LogP contribution < -0.4 is 4.74 Å². The Balaban J connectivity index is 2.02. The molecule has 0 amide bonds. The summed E-state index contributed by atoms with van der Waals surface area (Å²) in [4.78, 5) is 4.17. The van der Waals surface area contributed by atoms with Gasteiger partial charge in [0.25, 0.3) is 0 Å². The summed E-state index contributed by atoms with van der Waals surface area (Å²) in [5.41, 5.74) is -0.687. The van der Waals surface area contributed by atoms with Crippen molar-refractivity contribution in [2.75, 3.05) is 0 Å². The molecule has 0 N–H and O–H groups in total. The molecule has 0 atom stereocenters. The van der Waals surface area contributed by atoms with Crippen molar-refractivity contribution in [3.05, 3.63) is 48.0 Å². The topological polar surface area (TPSA) is 27.1 Å². The summed E-state index contributed by atoms with van der Waals surface area (Å²) < 4.78 is 44.7. The zero-order valence-corrected chi connectivity index (χ0v) is 11.2. The first-order chi connectivity index (χ1) is 9.38. The van der Waals surface area contributed by atoms with Gasteiger partial charge in [-0.25, -0.2) is 4.98 Å². The van der Waals surface area contributed by atoms with Gasteiger partial charge in [-0.3, -0.25) is 0 Å². The SMILES string of the molecule is CC(C)n1ccnc1COc1ccc(C(F)(F)F)cc1. The molecule has 1 heterocycles. The minimum Gasteiger partial charge on any atom is -0.486 e. The van der Waals surface area contributed by atoms with Crippen LogP contribution in [0.5, 0.6) is 5.75 Å². The maximum atomic E-state index is 12.4. The maximum absolute atomic E-state index is 12.4. The number of nitrogens with zero attached hydrogens (tertiary/aromatic N) is 2. The number of benzene rings is 1. The molecule has 2 aromatic rings. The summed E-state index contributed by atoms with van der Waals surface area (Å²) in [7, 11) is 0. The second kappa shape index (κ2) is 5.56. The monoisotopic (exact) mass is 284 g/mol. The quantitative estimate of drug-likeness (QED) is 0.846. The molecule has 0 bridgehead atoms. The van der Waals surface area contributed by atoms with E-state index in [0.717, 1.165) is 18.0 Å². The highest BCUT2D eigenvalue weighted by atomic mass is 19.4. The summed E-state index contributed by atoms with van der Waals surface area (Å²) >= 11 is 0. The largest absolute Gasteiger partial charge is 0.486 e. The van der Waals surface area contributed by atoms with E-state index >= 15 is 0 Å². The molecule has 0 saturated heterocycles. The van der Waals surface area contributed by atoms with Crippen LogP contribution in [0.2, 0.25) is 0 Å². The van der Waals surface area contributed by atoms with Gasteiger partial charge < -0.3 is 9.30 Å². The fourth-order valence-corrected chi connectivity index (χ4v) is 1.81. The van der Waals surface area contributed by atoms with Crippen LogP contribution in [-0.2, 0) is 12.8 Å². The van der Waals surface area contributed by atoms with Gasteiger partial charge in [-0.15, -0.1) is 0 Å². The Morgan fingerprint density at radius 3 is 2.40 bits per heavy atom. The fourth-order valence-electron chi connectivity index (χ4n) is 1.81. The summed E-state index contributed by atoms with van der Waals surface area (Å²) in [6.45, 7) is 4.25. The molecule has 0 spiro atoms. The summed E-state index contributed by atoms with van der Waals surface area (Å²) in [5, 5.41) is 0. The van der Waals surface area contributed by atoms with Crippen molar-refractivity contribution < 1.29 is 17.9 Å². The van der Waals surface area contributed by atoms with Gasteiger partial charge in [-0.05, 0) is 38.1 Å². The first kappa shape index (κ1) is 14.4. The lowest BCUT2D eigenvalue weighted by Gasteiger charge is -2.12. The molecule has 1 aromatic carbocycles. The first-order valence-corrected chi connectivity index (χ1v) is 6.19. The highest BCUT2D eigenvalue weighted by molar-refractivity contribution is 5.28. The number of aromatic nitrogens is 2. The Morgan fingerprint density at radius 2 is 1.85 bits per heavy atom. The predicted molar refractivity (Wildman–Crippen MR) is 68.4 cm³/mol. The van der Waals surface area contributed by atoms with Crippen molar-refractivity contribution >= 4 is 0 Å². The van der Waals surface area contributed by atoms with Crippen LogP contribution in [-0.4, -0.2) is 9.55 Å². The Kier molecular flexibility index (Phi) is 4.01. The van der Waals surface area contributed by atoms with Crippen LogP contribution in [0, 0.1) is 0 Å². The van der Waals surface area contributed by atoms with Gasteiger partial charge in [-0.1, -0.05) is 0 Å². The van der Waals surface area contributed by atoms with E-state index in [4.69, 9.17) is 4.74 Å². The summed E-state index contributed by atoms with van der Waals surface area (Å²) in [5.74, 6) is 1.12. The van der Waals surface area contributed by atoms with E-state index < -0.39 is 11.7 Å². The maximum Gasteiger partial charge on any atom is 0.416 e. The molecular weight excluding hydrogens is 269 g/mol. The number of imidazole rings is 1. The van der Waals surface area contributed by atoms with Crippen LogP contribution in [0.25, 0.3) is 0 Å². The molecule has 20 heavy (non-hydrogen) atoms. The lowest BCUT2D eigenvalue weighted by atomic mass is 10.2. The second-order valence-corrected chi connectivity index (χ2v) is 4.66. The second-order valence-electron chi connectivity index (χ2n) is 4.66. The number of rotatable bonds is 4. The van der Waals surface area contributed by atoms with Crippen LogP contribution in [0.1, 0.15) is 31.3 Å². The van der Waals surface area contributed by atoms with Crippen LogP contribution in [0.15, 0.2) is 36.7 Å². The van der Waals surface area contributed by atoms with Gasteiger partial charge >= 0.3 is 6.18 Å². The lowest BCUT2D eigenvalue weighted by Crippen LogP contribution is -2.09. The number of alkyl halides is 3. The molecule has 108 valence electrons. The summed E-state index contributed by atoms with van der Waals surface area (Å²) in [6, 6.07) is 4.88. The van der Waals surface area contributed by atoms with Gasteiger partial charge in [0.2, 0.25) is 0 Å². The molecule has 1 aromatic heterocycles. The lowest BCUT2D eigenvalue weighted by molar-refractivity contribution is -0.137. The van der Waals surface area contributed by atoms with Crippen molar-refractivity contribution in [3.8, 4) is 5.75 Å². The molecule has 2 rings (SSSR count). The molecule has 0 fully saturated rings. The molecule has 6 heteroatoms. The molecule has 0 radical (unpaired) electrons. The average Bonchev–Trinajstić information content (AvgIpc) is 2.84. The van der Waals surface area contributed by atoms with Crippen LogP contribution >= 0.6 is 0 Å². The van der Waals surface area contributed by atoms with Gasteiger partial charge in [0, 0.05) is 18.4 Å². The van der Waals surface area contributed by atoms with Crippen molar-refractivity contribution in [3.63, 3.8) is 0 Å². The molecule has 3 nitrogen and oxygen atoms in total. The number of hydrogen-bond acceptors (Lipinski definition) is 2. The van der Waals surface area contributed by atoms with Crippen molar-refractivity contribution in [2.45, 2.75) is 32.7 Å². The number of hydrogen-bond donors (Lipinski definition) is 0. The average molecular weight is 284 g/mol. The third-order valence-electron chi connectivity index (χ3n) is 2.85. The third-order valence-corrected chi connectivity index (χ3v) is 2.85. The minimum atomic E-state index is -4.33. The first-order valence-electron chi connectivity index (χ1n) is 6.19. The highest BCUT2D eigenvalue weighted by Gasteiger charge is 2.30. The van der Waals surface area contributed by atoms with Crippen molar-refractivity contribution in [1.82, 2.24) is 9.55 Å². The highest BCUT2D eigenvalue weighted by Crippen LogP contribution is 2.30. The van der Waals surface area contributed by atoms with Gasteiger partial charge in [-0.2, -0.15) is 13.2 Å². The van der Waals surface area contributed by atoms with E-state index in [1.54, 1.807) is 6.20 Å².